The number of quaternary nitrogens is 1. The van der Waals surface area contributed by atoms with E-state index in [1.807, 2.05) is 14.1 Å². The molecule has 0 radical (unpaired) electrons. The van der Waals surface area contributed by atoms with E-state index in [-0.39, 0.29) is 12.7 Å². The van der Waals surface area contributed by atoms with Crippen LogP contribution in [-0.4, -0.2) is 69.1 Å². The van der Waals surface area contributed by atoms with E-state index in [0.29, 0.717) is 16.6 Å². The maximum Gasteiger partial charge on any atom is 0.337 e. The van der Waals surface area contributed by atoms with Gasteiger partial charge in [-0.1, -0.05) is 6.58 Å². The Balaban J connectivity index is 0. The fraction of sp³-hybridized carbons (Fsp3) is 0.727. The van der Waals surface area contributed by atoms with Crippen LogP contribution in [0.3, 0.4) is 0 Å². The van der Waals surface area contributed by atoms with Crippen molar-refractivity contribution in [2.24, 2.45) is 0 Å². The van der Waals surface area contributed by atoms with Crippen LogP contribution in [0.15, 0.2) is 12.2 Å². The smallest absolute Gasteiger partial charge is 0.337 e. The molecule has 1 atom stereocenters. The minimum atomic E-state index is -4.41. The maximum absolute atomic E-state index is 11.1. The average Bonchev–Trinajstić information content (AvgIpc) is 2.24. The summed E-state index contributed by atoms with van der Waals surface area (Å²) in [7, 11) is 0.170. The van der Waals surface area contributed by atoms with Crippen LogP contribution in [0, 0.1) is 0 Å². The minimum Gasteiger partial charge on any atom is -0.726 e. The van der Waals surface area contributed by atoms with Crippen LogP contribution in [0.25, 0.3) is 0 Å². The van der Waals surface area contributed by atoms with Gasteiger partial charge in [0.2, 0.25) is 17.1 Å². The number of hydrogen-bond acceptors (Lipinski definition) is 7. The van der Waals surface area contributed by atoms with Crippen LogP contribution < -0.4 is 0 Å². The van der Waals surface area contributed by atoms with Gasteiger partial charge < -0.3 is 14.4 Å². The molecule has 0 aliphatic rings. The molecule has 0 saturated heterocycles. The molecule has 0 aliphatic heterocycles. The van der Waals surface area contributed by atoms with Crippen LogP contribution in [-0.2, 0) is 24.1 Å². The Morgan fingerprint density at radius 2 is 1.85 bits per heavy atom. The van der Waals surface area contributed by atoms with E-state index in [0.717, 1.165) is 7.11 Å². The zero-order valence-electron chi connectivity index (χ0n) is 12.5. The number of aliphatic hydroxyl groups excluding tert-OH is 1. The van der Waals surface area contributed by atoms with E-state index >= 15 is 0 Å². The molecule has 9 heteroatoms. The predicted molar refractivity (Wildman–Crippen MR) is 71.1 cm³/mol. The van der Waals surface area contributed by atoms with Crippen molar-refractivity contribution in [2.75, 3.05) is 34.5 Å². The SMILES string of the molecule is C=C(C)C(=O)OC[N+](C)(C)CC(C)O.COS(=O)(=O)[O-]. The van der Waals surface area contributed by atoms with Crippen LogP contribution in [0.2, 0.25) is 0 Å². The molecule has 0 amide bonds. The first-order valence-corrected chi connectivity index (χ1v) is 6.98. The molecule has 0 heterocycles. The highest BCUT2D eigenvalue weighted by Crippen LogP contribution is 2.02. The standard InChI is InChI=1S/C10H20NO3.CH4O4S/c1-8(2)10(13)14-7-11(4,5)6-9(3)12;1-5-6(2,3)4/h9,12H,1,6-7H2,2-5H3;1H3,(H,2,3,4)/q+1;/p-1. The molecule has 0 rings (SSSR count). The van der Waals surface area contributed by atoms with Crippen molar-refractivity contribution in [2.45, 2.75) is 20.0 Å². The number of rotatable bonds is 6. The number of esters is 1. The highest BCUT2D eigenvalue weighted by molar-refractivity contribution is 7.80. The number of carbonyl (C=O) groups excluding carboxylic acids is 1. The molecule has 0 saturated carbocycles. The fourth-order valence-corrected chi connectivity index (χ4v) is 1.12. The molecule has 120 valence electrons. The van der Waals surface area contributed by atoms with Gasteiger partial charge in [0, 0.05) is 5.57 Å². The van der Waals surface area contributed by atoms with Crippen molar-refractivity contribution < 1.29 is 36.3 Å². The fourth-order valence-electron chi connectivity index (χ4n) is 1.12. The quantitative estimate of drug-likeness (QED) is 0.177. The summed E-state index contributed by atoms with van der Waals surface area (Å²) in [4.78, 5) is 11.1. The Kier molecular flexibility index (Phi) is 9.62. The summed E-state index contributed by atoms with van der Waals surface area (Å²) in [5.74, 6) is -0.387. The monoisotopic (exact) mass is 313 g/mol. The van der Waals surface area contributed by atoms with Crippen molar-refractivity contribution in [1.29, 1.82) is 0 Å². The Hall–Kier alpha value is -1.00. The van der Waals surface area contributed by atoms with E-state index in [9.17, 15) is 22.9 Å². The van der Waals surface area contributed by atoms with Crippen molar-refractivity contribution in [1.82, 2.24) is 0 Å². The molecule has 0 fully saturated rings. The maximum atomic E-state index is 11.1. The van der Waals surface area contributed by atoms with E-state index in [1.165, 1.54) is 0 Å². The largest absolute Gasteiger partial charge is 0.726 e. The Labute approximate surface area is 120 Å². The van der Waals surface area contributed by atoms with Gasteiger partial charge in [0.05, 0.1) is 21.2 Å². The lowest BCUT2D eigenvalue weighted by Crippen LogP contribution is -2.46. The van der Waals surface area contributed by atoms with Gasteiger partial charge in [-0.15, -0.1) is 0 Å². The molecule has 0 aliphatic carbocycles. The van der Waals surface area contributed by atoms with Gasteiger partial charge in [0.25, 0.3) is 0 Å². The summed E-state index contributed by atoms with van der Waals surface area (Å²) in [5.41, 5.74) is 0.391. The lowest BCUT2D eigenvalue weighted by Gasteiger charge is -2.29. The van der Waals surface area contributed by atoms with Crippen LogP contribution in [0.4, 0.5) is 0 Å². The van der Waals surface area contributed by atoms with Crippen molar-refractivity contribution in [3.63, 3.8) is 0 Å². The summed E-state index contributed by atoms with van der Waals surface area (Å²) in [6.07, 6.45) is -0.409. The number of ether oxygens (including phenoxy) is 1. The average molecular weight is 313 g/mol. The van der Waals surface area contributed by atoms with Gasteiger partial charge in [-0.05, 0) is 13.8 Å². The van der Waals surface area contributed by atoms with Gasteiger partial charge in [0.15, 0.2) is 0 Å². The predicted octanol–water partition coefficient (Wildman–Crippen LogP) is -0.387. The highest BCUT2D eigenvalue weighted by Gasteiger charge is 2.19. The minimum absolute atomic E-state index is 0.247. The van der Waals surface area contributed by atoms with Crippen molar-refractivity contribution >= 4 is 16.4 Å². The summed E-state index contributed by atoms with van der Waals surface area (Å²) in [5, 5.41) is 9.19. The number of likely N-dealkylation sites (N-methyl/N-ethyl adjacent to an activating group) is 1. The molecule has 1 unspecified atom stereocenters. The van der Waals surface area contributed by atoms with Crippen LogP contribution in [0.1, 0.15) is 13.8 Å². The molecule has 0 bridgehead atoms. The molecule has 8 nitrogen and oxygen atoms in total. The topological polar surface area (TPSA) is 113 Å². The third-order valence-electron chi connectivity index (χ3n) is 1.86. The summed E-state index contributed by atoms with van der Waals surface area (Å²) in [6, 6.07) is 0. The third-order valence-corrected chi connectivity index (χ3v) is 2.26. The summed E-state index contributed by atoms with van der Waals surface area (Å²) >= 11 is 0. The van der Waals surface area contributed by atoms with E-state index in [1.54, 1.807) is 13.8 Å². The second-order valence-corrected chi connectivity index (χ2v) is 6.03. The van der Waals surface area contributed by atoms with E-state index < -0.39 is 16.5 Å². The molecule has 0 aromatic carbocycles. The number of carbonyl (C=O) groups is 1. The number of nitrogens with zero attached hydrogens (tertiary/aromatic N) is 1. The second-order valence-electron chi connectivity index (χ2n) is 4.88. The first-order chi connectivity index (χ1) is 8.80. The molecular weight excluding hydrogens is 290 g/mol. The van der Waals surface area contributed by atoms with Gasteiger partial charge >= 0.3 is 5.97 Å². The second kappa shape index (κ2) is 9.03. The zero-order chi connectivity index (χ0) is 16.6. The van der Waals surface area contributed by atoms with E-state index in [4.69, 9.17) is 4.74 Å². The number of hydrogen-bond donors (Lipinski definition) is 1. The summed E-state index contributed by atoms with van der Waals surface area (Å²) < 4.78 is 36.5. The normalized spacial score (nSPS) is 12.9. The Bertz CT molecular complexity index is 414. The molecule has 20 heavy (non-hydrogen) atoms. The first-order valence-electron chi connectivity index (χ1n) is 5.65. The lowest BCUT2D eigenvalue weighted by molar-refractivity contribution is -0.909. The molecule has 0 spiro atoms. The first kappa shape index (κ1) is 21.3. The van der Waals surface area contributed by atoms with Gasteiger partial charge in [-0.3, -0.25) is 8.67 Å². The summed E-state index contributed by atoms with van der Waals surface area (Å²) in [6.45, 7) is 7.59. The Morgan fingerprint density at radius 1 is 1.45 bits per heavy atom. The van der Waals surface area contributed by atoms with Crippen molar-refractivity contribution in [3.05, 3.63) is 12.2 Å². The Morgan fingerprint density at radius 3 is 2.10 bits per heavy atom. The van der Waals surface area contributed by atoms with Crippen LogP contribution in [0.5, 0.6) is 0 Å². The number of aliphatic hydroxyl groups is 1. The third kappa shape index (κ3) is 15.1. The molecule has 0 aromatic heterocycles. The molecule has 1 N–H and O–H groups in total. The molecular formula is C11H23NO7S. The highest BCUT2D eigenvalue weighted by atomic mass is 32.3. The van der Waals surface area contributed by atoms with Gasteiger partial charge in [0.1, 0.15) is 12.6 Å². The van der Waals surface area contributed by atoms with Gasteiger partial charge in [-0.2, -0.15) is 0 Å². The van der Waals surface area contributed by atoms with Crippen molar-refractivity contribution in [3.8, 4) is 0 Å². The van der Waals surface area contributed by atoms with Crippen LogP contribution >= 0.6 is 0 Å². The van der Waals surface area contributed by atoms with E-state index in [2.05, 4.69) is 10.8 Å². The molecule has 0 aromatic rings. The van der Waals surface area contributed by atoms with Gasteiger partial charge in [-0.25, -0.2) is 13.2 Å². The lowest BCUT2D eigenvalue weighted by atomic mass is 10.3. The zero-order valence-corrected chi connectivity index (χ0v) is 13.3.